The van der Waals surface area contributed by atoms with E-state index in [1.165, 1.54) is 44.2 Å². The fraction of sp³-hybridized carbons (Fsp3) is 0.158. The van der Waals surface area contributed by atoms with Crippen LogP contribution >= 0.6 is 0 Å². The number of benzene rings is 3. The minimum Gasteiger partial charge on any atom is -0.0616 e. The van der Waals surface area contributed by atoms with Crippen LogP contribution in [0.1, 0.15) is 22.3 Å². The van der Waals surface area contributed by atoms with Gasteiger partial charge >= 0.3 is 0 Å². The number of hydrogen-bond donors (Lipinski definition) is 0. The van der Waals surface area contributed by atoms with Crippen molar-refractivity contribution in [2.45, 2.75) is 20.3 Å². The number of aryl methyl sites for hydroxylation is 2. The van der Waals surface area contributed by atoms with Gasteiger partial charge in [-0.1, -0.05) is 54.1 Å². The summed E-state index contributed by atoms with van der Waals surface area (Å²) >= 11 is 0. The van der Waals surface area contributed by atoms with E-state index in [0.29, 0.717) is 0 Å². The number of hydrogen-bond acceptors (Lipinski definition) is 0. The molecule has 3 aromatic carbocycles. The Kier molecular flexibility index (Phi) is 2.11. The SMILES string of the molecule is Cc1cc(C)c2c(c1)Cc1ccc3ccccc3c1-2. The third kappa shape index (κ3) is 1.46. The second kappa shape index (κ2) is 3.71. The first-order valence-electron chi connectivity index (χ1n) is 6.85. The maximum absolute atomic E-state index is 2.34. The number of rotatable bonds is 0. The van der Waals surface area contributed by atoms with E-state index in [-0.39, 0.29) is 0 Å². The van der Waals surface area contributed by atoms with Gasteiger partial charge in [-0.15, -0.1) is 0 Å². The summed E-state index contributed by atoms with van der Waals surface area (Å²) in [6.07, 6.45) is 1.08. The van der Waals surface area contributed by atoms with Crippen LogP contribution in [0.3, 0.4) is 0 Å². The summed E-state index contributed by atoms with van der Waals surface area (Å²) in [5.41, 5.74) is 8.67. The highest BCUT2D eigenvalue weighted by Crippen LogP contribution is 2.43. The highest BCUT2D eigenvalue weighted by Gasteiger charge is 2.22. The molecule has 0 spiro atoms. The van der Waals surface area contributed by atoms with Crippen LogP contribution < -0.4 is 0 Å². The molecular formula is C19H16. The lowest BCUT2D eigenvalue weighted by Gasteiger charge is -2.10. The Labute approximate surface area is 113 Å². The molecule has 92 valence electrons. The fourth-order valence-corrected chi connectivity index (χ4v) is 3.52. The molecule has 4 rings (SSSR count). The van der Waals surface area contributed by atoms with Gasteiger partial charge in [0.15, 0.2) is 0 Å². The summed E-state index contributed by atoms with van der Waals surface area (Å²) in [5.74, 6) is 0. The average Bonchev–Trinajstić information content (AvgIpc) is 2.77. The molecule has 19 heavy (non-hydrogen) atoms. The molecule has 0 heteroatoms. The first kappa shape index (κ1) is 10.8. The smallest absolute Gasteiger partial charge is 0.00130 e. The quantitative estimate of drug-likeness (QED) is 0.407. The van der Waals surface area contributed by atoms with Crippen LogP contribution in [0, 0.1) is 13.8 Å². The van der Waals surface area contributed by atoms with E-state index >= 15 is 0 Å². The monoisotopic (exact) mass is 244 g/mol. The Balaban J connectivity index is 2.15. The van der Waals surface area contributed by atoms with Gasteiger partial charge in [0, 0.05) is 0 Å². The van der Waals surface area contributed by atoms with Crippen LogP contribution in [-0.2, 0) is 6.42 Å². The fourth-order valence-electron chi connectivity index (χ4n) is 3.52. The zero-order valence-corrected chi connectivity index (χ0v) is 11.3. The predicted molar refractivity (Wildman–Crippen MR) is 81.7 cm³/mol. The summed E-state index contributed by atoms with van der Waals surface area (Å²) in [5, 5.41) is 2.74. The molecule has 3 aromatic rings. The van der Waals surface area contributed by atoms with E-state index in [9.17, 15) is 0 Å². The maximum atomic E-state index is 2.34. The van der Waals surface area contributed by atoms with Crippen molar-refractivity contribution in [3.63, 3.8) is 0 Å². The second-order valence-electron chi connectivity index (χ2n) is 5.61. The van der Waals surface area contributed by atoms with Crippen LogP contribution in [0.15, 0.2) is 48.5 Å². The van der Waals surface area contributed by atoms with Crippen molar-refractivity contribution in [3.05, 3.63) is 70.8 Å². The van der Waals surface area contributed by atoms with Gasteiger partial charge in [0.2, 0.25) is 0 Å². The maximum Gasteiger partial charge on any atom is -0.00130 e. The van der Waals surface area contributed by atoms with Gasteiger partial charge in [-0.3, -0.25) is 0 Å². The summed E-state index contributed by atoms with van der Waals surface area (Å²) < 4.78 is 0. The van der Waals surface area contributed by atoms with Gasteiger partial charge in [0.1, 0.15) is 0 Å². The van der Waals surface area contributed by atoms with Crippen molar-refractivity contribution in [1.82, 2.24) is 0 Å². The Morgan fingerprint density at radius 3 is 2.53 bits per heavy atom. The molecule has 0 radical (unpaired) electrons. The molecule has 0 aromatic heterocycles. The molecule has 0 bridgehead atoms. The van der Waals surface area contributed by atoms with Crippen LogP contribution in [0.2, 0.25) is 0 Å². The van der Waals surface area contributed by atoms with Gasteiger partial charge in [-0.05, 0) is 58.9 Å². The lowest BCUT2D eigenvalue weighted by Crippen LogP contribution is -1.87. The third-order valence-corrected chi connectivity index (χ3v) is 4.21. The minimum atomic E-state index is 1.08. The highest BCUT2D eigenvalue weighted by molar-refractivity contribution is 6.01. The van der Waals surface area contributed by atoms with Crippen LogP contribution in [0.5, 0.6) is 0 Å². The van der Waals surface area contributed by atoms with Gasteiger partial charge in [-0.2, -0.15) is 0 Å². The molecule has 0 aliphatic heterocycles. The zero-order chi connectivity index (χ0) is 13.0. The molecule has 0 saturated heterocycles. The van der Waals surface area contributed by atoms with E-state index in [1.807, 2.05) is 0 Å². The summed E-state index contributed by atoms with van der Waals surface area (Å²) in [6.45, 7) is 4.43. The summed E-state index contributed by atoms with van der Waals surface area (Å²) in [7, 11) is 0. The Hall–Kier alpha value is -2.08. The Bertz CT molecular complexity index is 810. The Morgan fingerprint density at radius 2 is 1.63 bits per heavy atom. The van der Waals surface area contributed by atoms with Gasteiger partial charge < -0.3 is 0 Å². The van der Waals surface area contributed by atoms with E-state index in [0.717, 1.165) is 6.42 Å². The second-order valence-corrected chi connectivity index (χ2v) is 5.61. The van der Waals surface area contributed by atoms with Gasteiger partial charge in [0.25, 0.3) is 0 Å². The molecule has 1 aliphatic carbocycles. The Morgan fingerprint density at radius 1 is 0.789 bits per heavy atom. The topological polar surface area (TPSA) is 0 Å². The summed E-state index contributed by atoms with van der Waals surface area (Å²) in [4.78, 5) is 0. The van der Waals surface area contributed by atoms with Crippen LogP contribution in [0.25, 0.3) is 21.9 Å². The standard InChI is InChI=1S/C19H16/c1-12-9-13(2)18-16(10-12)11-15-8-7-14-5-3-4-6-17(14)19(15)18/h3-10H,11H2,1-2H3. The first-order valence-corrected chi connectivity index (χ1v) is 6.85. The van der Waals surface area contributed by atoms with Crippen molar-refractivity contribution in [2.75, 3.05) is 0 Å². The molecule has 0 unspecified atom stereocenters. The normalized spacial score (nSPS) is 12.5. The molecule has 1 aliphatic rings. The van der Waals surface area contributed by atoms with E-state index in [1.54, 1.807) is 0 Å². The molecule has 0 atom stereocenters. The molecule has 0 saturated carbocycles. The molecule has 0 N–H and O–H groups in total. The van der Waals surface area contributed by atoms with Crippen molar-refractivity contribution in [2.24, 2.45) is 0 Å². The lowest BCUT2D eigenvalue weighted by molar-refractivity contribution is 1.24. The average molecular weight is 244 g/mol. The van der Waals surface area contributed by atoms with E-state index in [4.69, 9.17) is 0 Å². The van der Waals surface area contributed by atoms with Crippen LogP contribution in [-0.4, -0.2) is 0 Å². The van der Waals surface area contributed by atoms with Crippen molar-refractivity contribution >= 4 is 10.8 Å². The molecule has 0 nitrogen and oxygen atoms in total. The molecule has 0 fully saturated rings. The number of fused-ring (bicyclic) bond motifs is 5. The van der Waals surface area contributed by atoms with Gasteiger partial charge in [-0.25, -0.2) is 0 Å². The van der Waals surface area contributed by atoms with E-state index < -0.39 is 0 Å². The largest absolute Gasteiger partial charge is 0.0616 e. The lowest BCUT2D eigenvalue weighted by atomic mass is 9.94. The highest BCUT2D eigenvalue weighted by atomic mass is 14.3. The molecule has 0 heterocycles. The summed E-state index contributed by atoms with van der Waals surface area (Å²) in [6, 6.07) is 17.9. The van der Waals surface area contributed by atoms with Crippen molar-refractivity contribution in [1.29, 1.82) is 0 Å². The third-order valence-electron chi connectivity index (χ3n) is 4.21. The molecule has 0 amide bonds. The van der Waals surface area contributed by atoms with Crippen molar-refractivity contribution in [3.8, 4) is 11.1 Å². The van der Waals surface area contributed by atoms with Crippen LogP contribution in [0.4, 0.5) is 0 Å². The van der Waals surface area contributed by atoms with E-state index in [2.05, 4.69) is 62.4 Å². The predicted octanol–water partition coefficient (Wildman–Crippen LogP) is 5.03. The minimum absolute atomic E-state index is 1.08. The first-order chi connectivity index (χ1) is 9.24. The van der Waals surface area contributed by atoms with Crippen molar-refractivity contribution < 1.29 is 0 Å². The van der Waals surface area contributed by atoms with Gasteiger partial charge in [0.05, 0.1) is 0 Å². The molecular weight excluding hydrogens is 228 g/mol. The zero-order valence-electron chi connectivity index (χ0n) is 11.3.